The lowest BCUT2D eigenvalue weighted by Gasteiger charge is -2.25. The fraction of sp³-hybridized carbons (Fsp3) is 0.500. The number of nitrogens with zero attached hydrogens (tertiary/aromatic N) is 6. The number of likely N-dealkylation sites (tertiary alicyclic amines) is 1. The number of aromatic nitrogens is 3. The lowest BCUT2D eigenvalue weighted by atomic mass is 9.99. The average Bonchev–Trinajstić information content (AvgIpc) is 3.83. The summed E-state index contributed by atoms with van der Waals surface area (Å²) in [6, 6.07) is 6.81. The maximum absolute atomic E-state index is 17.2. The van der Waals surface area contributed by atoms with Crippen molar-refractivity contribution in [1.82, 2.24) is 19.7 Å². The first-order chi connectivity index (χ1) is 23.6. The molecule has 3 atom stereocenters. The van der Waals surface area contributed by atoms with E-state index >= 15 is 8.78 Å². The molecule has 4 heterocycles. The predicted molar refractivity (Wildman–Crippen MR) is 183 cm³/mol. The number of nitriles is 2. The molecule has 1 saturated heterocycles. The first kappa shape index (κ1) is 33.7. The number of halogens is 2. The van der Waals surface area contributed by atoms with Crippen molar-refractivity contribution in [3.8, 4) is 23.4 Å². The quantitative estimate of drug-likeness (QED) is 0.212. The van der Waals surface area contributed by atoms with E-state index in [1.54, 1.807) is 30.4 Å². The monoisotopic (exact) mass is 701 g/mol. The molecule has 0 bridgehead atoms. The Morgan fingerprint density at radius 3 is 2.32 bits per heavy atom. The van der Waals surface area contributed by atoms with Gasteiger partial charge < -0.3 is 14.4 Å². The number of pyridine rings is 1. The summed E-state index contributed by atoms with van der Waals surface area (Å²) in [4.78, 5) is 31.9. The van der Waals surface area contributed by atoms with Crippen LogP contribution in [-0.4, -0.2) is 56.1 Å². The SMILES string of the molecule is CC(C)(C)OC(=O)Nc1sc2c(F)ccc(-c3nc(CCC#N)c4c(C5C6CN(C(=O)OC(C)(C)C)C[C@@H]65)nn(C5CC5)c4c3F)c2c1C#N. The van der Waals surface area contributed by atoms with Crippen molar-refractivity contribution in [2.45, 2.75) is 90.4 Å². The predicted octanol–water partition coefficient (Wildman–Crippen LogP) is 8.18. The van der Waals surface area contributed by atoms with Crippen LogP contribution in [0, 0.1) is 46.1 Å². The molecule has 2 unspecified atom stereocenters. The summed E-state index contributed by atoms with van der Waals surface area (Å²) in [6.45, 7) is 11.6. The van der Waals surface area contributed by atoms with E-state index in [1.165, 1.54) is 12.1 Å². The maximum Gasteiger partial charge on any atom is 0.412 e. The smallest absolute Gasteiger partial charge is 0.412 e. The Morgan fingerprint density at radius 1 is 1.04 bits per heavy atom. The van der Waals surface area contributed by atoms with Gasteiger partial charge in [0.2, 0.25) is 0 Å². The van der Waals surface area contributed by atoms with Gasteiger partial charge in [0.05, 0.1) is 33.8 Å². The van der Waals surface area contributed by atoms with Crippen LogP contribution in [-0.2, 0) is 15.9 Å². The van der Waals surface area contributed by atoms with Gasteiger partial charge in [-0.25, -0.2) is 23.4 Å². The van der Waals surface area contributed by atoms with Crippen molar-refractivity contribution >= 4 is 49.5 Å². The highest BCUT2D eigenvalue weighted by atomic mass is 32.1. The summed E-state index contributed by atoms with van der Waals surface area (Å²) in [6.07, 6.45) is 0.829. The summed E-state index contributed by atoms with van der Waals surface area (Å²) in [7, 11) is 0. The molecule has 7 rings (SSSR count). The molecular formula is C36H37F2N7O4S. The fourth-order valence-electron chi connectivity index (χ4n) is 7.02. The van der Waals surface area contributed by atoms with Gasteiger partial charge in [0.1, 0.15) is 39.3 Å². The number of aryl methyl sites for hydroxylation is 1. The number of fused-ring (bicyclic) bond motifs is 3. The summed E-state index contributed by atoms with van der Waals surface area (Å²) < 4.78 is 45.2. The Kier molecular flexibility index (Phi) is 8.02. The Hall–Kier alpha value is -4.82. The number of hydrogen-bond acceptors (Lipinski definition) is 9. The number of thiophene rings is 1. The molecule has 50 heavy (non-hydrogen) atoms. The van der Waals surface area contributed by atoms with E-state index in [2.05, 4.69) is 17.5 Å². The minimum atomic E-state index is -0.813. The lowest BCUT2D eigenvalue weighted by Crippen LogP contribution is -2.36. The molecule has 0 radical (unpaired) electrons. The van der Waals surface area contributed by atoms with E-state index in [0.717, 1.165) is 29.9 Å². The molecule has 2 amide bonds. The van der Waals surface area contributed by atoms with Crippen LogP contribution in [0.5, 0.6) is 0 Å². The van der Waals surface area contributed by atoms with Gasteiger partial charge in [-0.05, 0) is 78.4 Å². The lowest BCUT2D eigenvalue weighted by molar-refractivity contribution is 0.0270. The third kappa shape index (κ3) is 6.00. The molecule has 2 saturated carbocycles. The number of benzene rings is 1. The van der Waals surface area contributed by atoms with Gasteiger partial charge in [-0.15, -0.1) is 11.3 Å². The highest BCUT2D eigenvalue weighted by Crippen LogP contribution is 2.60. The van der Waals surface area contributed by atoms with E-state index in [0.29, 0.717) is 24.2 Å². The van der Waals surface area contributed by atoms with Crippen LogP contribution in [0.15, 0.2) is 12.1 Å². The number of nitrogens with one attached hydrogen (secondary N) is 1. The summed E-state index contributed by atoms with van der Waals surface area (Å²) in [5.74, 6) is -1.03. The Bertz CT molecular complexity index is 2150. The molecule has 1 aliphatic heterocycles. The largest absolute Gasteiger partial charge is 0.444 e. The summed E-state index contributed by atoms with van der Waals surface area (Å²) in [5.41, 5.74) is 0.119. The first-order valence-electron chi connectivity index (χ1n) is 16.7. The van der Waals surface area contributed by atoms with Gasteiger partial charge in [0.25, 0.3) is 0 Å². The molecule has 260 valence electrons. The van der Waals surface area contributed by atoms with Crippen LogP contribution in [0.3, 0.4) is 0 Å². The van der Waals surface area contributed by atoms with Gasteiger partial charge in [0.15, 0.2) is 5.82 Å². The number of anilines is 1. The van der Waals surface area contributed by atoms with Crippen LogP contribution < -0.4 is 5.32 Å². The summed E-state index contributed by atoms with van der Waals surface area (Å²) >= 11 is 0.857. The fourth-order valence-corrected chi connectivity index (χ4v) is 8.08. The van der Waals surface area contributed by atoms with E-state index < -0.39 is 28.9 Å². The van der Waals surface area contributed by atoms with Gasteiger partial charge in [-0.2, -0.15) is 15.6 Å². The van der Waals surface area contributed by atoms with Gasteiger partial charge in [-0.1, -0.05) is 0 Å². The highest BCUT2D eigenvalue weighted by molar-refractivity contribution is 7.23. The average molecular weight is 702 g/mol. The number of rotatable bonds is 6. The van der Waals surface area contributed by atoms with Crippen molar-refractivity contribution in [3.63, 3.8) is 0 Å². The van der Waals surface area contributed by atoms with E-state index in [4.69, 9.17) is 19.6 Å². The molecule has 2 aliphatic carbocycles. The third-order valence-corrected chi connectivity index (χ3v) is 10.3. The molecule has 14 heteroatoms. The van der Waals surface area contributed by atoms with E-state index in [1.807, 2.05) is 20.8 Å². The number of carbonyl (C=O) groups excluding carboxylic acids is 2. The molecule has 3 aliphatic rings. The maximum atomic E-state index is 17.2. The van der Waals surface area contributed by atoms with Crippen LogP contribution >= 0.6 is 11.3 Å². The number of hydrogen-bond donors (Lipinski definition) is 1. The topological polar surface area (TPSA) is 146 Å². The normalized spacial score (nSPS) is 20.0. The van der Waals surface area contributed by atoms with Gasteiger partial charge >= 0.3 is 12.2 Å². The molecular weight excluding hydrogens is 665 g/mol. The number of amides is 2. The van der Waals surface area contributed by atoms with Gasteiger partial charge in [0, 0.05) is 48.2 Å². The molecule has 0 spiro atoms. The zero-order valence-corrected chi connectivity index (χ0v) is 29.5. The number of carbonyl (C=O) groups is 2. The van der Waals surface area contributed by atoms with Crippen LogP contribution in [0.4, 0.5) is 23.4 Å². The Balaban J connectivity index is 1.34. The zero-order valence-electron chi connectivity index (χ0n) is 28.7. The van der Waals surface area contributed by atoms with Gasteiger partial charge in [-0.3, -0.25) is 10.00 Å². The standard InChI is InChI=1S/C36H37F2N7O4S/c1-35(2,3)48-33(46)42-32-19(14-40)25-18(11-12-22(37)31(25)50-32)28-27(38)30-26(23(41-28)8-7-13-39)29(43-45(30)17-9-10-17)24-20-15-44(16-21(20)24)34(47)49-36(4,5)6/h11-12,17,20-21,24H,7-10,15-16H2,1-6H3,(H,42,46)/t20-,21?,24?/m0/s1. The van der Waals surface area contributed by atoms with Crippen molar-refractivity contribution < 1.29 is 27.8 Å². The Labute approximate surface area is 291 Å². The molecule has 3 fully saturated rings. The summed E-state index contributed by atoms with van der Waals surface area (Å²) in [5, 5.41) is 28.2. The first-order valence-corrected chi connectivity index (χ1v) is 17.5. The second kappa shape index (κ2) is 11.9. The van der Waals surface area contributed by atoms with Crippen LogP contribution in [0.2, 0.25) is 0 Å². The molecule has 11 nitrogen and oxygen atoms in total. The van der Waals surface area contributed by atoms with Crippen LogP contribution in [0.1, 0.15) is 89.7 Å². The zero-order chi connectivity index (χ0) is 35.9. The Morgan fingerprint density at radius 2 is 1.72 bits per heavy atom. The molecule has 1 N–H and O–H groups in total. The number of piperidine rings is 1. The highest BCUT2D eigenvalue weighted by Gasteiger charge is 2.59. The van der Waals surface area contributed by atoms with E-state index in [-0.39, 0.29) is 80.2 Å². The molecule has 4 aromatic rings. The second-order valence-electron chi connectivity index (χ2n) is 15.2. The van der Waals surface area contributed by atoms with Crippen molar-refractivity contribution in [1.29, 1.82) is 10.5 Å². The van der Waals surface area contributed by atoms with Crippen molar-refractivity contribution in [3.05, 3.63) is 40.7 Å². The van der Waals surface area contributed by atoms with E-state index in [9.17, 15) is 20.1 Å². The van der Waals surface area contributed by atoms with Crippen molar-refractivity contribution in [2.75, 3.05) is 18.4 Å². The molecule has 1 aromatic carbocycles. The molecule has 3 aromatic heterocycles. The minimum absolute atomic E-state index is 0.00893. The third-order valence-electron chi connectivity index (χ3n) is 9.19. The minimum Gasteiger partial charge on any atom is -0.444 e. The van der Waals surface area contributed by atoms with Crippen LogP contribution in [0.25, 0.3) is 32.2 Å². The number of ether oxygens (including phenoxy) is 2. The second-order valence-corrected chi connectivity index (χ2v) is 16.3. The van der Waals surface area contributed by atoms with Crippen molar-refractivity contribution in [2.24, 2.45) is 11.8 Å².